The van der Waals surface area contributed by atoms with Crippen molar-refractivity contribution in [3.63, 3.8) is 0 Å². The van der Waals surface area contributed by atoms with Gasteiger partial charge in [-0.3, -0.25) is 9.59 Å². The lowest BCUT2D eigenvalue weighted by Crippen LogP contribution is -2.46. The first-order valence-corrected chi connectivity index (χ1v) is 13.5. The molecule has 2 aliphatic heterocycles. The fourth-order valence-corrected chi connectivity index (χ4v) is 4.77. The Morgan fingerprint density at radius 1 is 0.879 bits per heavy atom. The molecular formula is C27H54N4O2. The van der Waals surface area contributed by atoms with E-state index in [1.165, 1.54) is 45.1 Å². The Labute approximate surface area is 204 Å². The summed E-state index contributed by atoms with van der Waals surface area (Å²) < 4.78 is 0. The lowest BCUT2D eigenvalue weighted by Gasteiger charge is -2.36. The van der Waals surface area contributed by atoms with E-state index in [9.17, 15) is 9.59 Å². The van der Waals surface area contributed by atoms with Crippen LogP contribution in [0.1, 0.15) is 99.8 Å². The van der Waals surface area contributed by atoms with E-state index in [1.54, 1.807) is 6.92 Å². The van der Waals surface area contributed by atoms with Crippen LogP contribution < -0.4 is 16.0 Å². The minimum Gasteiger partial charge on any atom is -0.353 e. The van der Waals surface area contributed by atoms with Gasteiger partial charge < -0.3 is 20.9 Å². The van der Waals surface area contributed by atoms with E-state index in [0.717, 1.165) is 19.4 Å². The predicted molar refractivity (Wildman–Crippen MR) is 139 cm³/mol. The van der Waals surface area contributed by atoms with Gasteiger partial charge in [-0.25, -0.2) is 0 Å². The number of nitrogens with one attached hydrogen (secondary N) is 3. The van der Waals surface area contributed by atoms with Gasteiger partial charge in [-0.05, 0) is 70.5 Å². The fraction of sp³-hybridized carbons (Fsp3) is 0.926. The largest absolute Gasteiger partial charge is 0.353 e. The smallest absolute Gasteiger partial charge is 0.222 e. The molecule has 194 valence electrons. The van der Waals surface area contributed by atoms with Gasteiger partial charge in [-0.2, -0.15) is 0 Å². The maximum Gasteiger partial charge on any atom is 0.222 e. The molecule has 6 heteroatoms. The van der Waals surface area contributed by atoms with Crippen molar-refractivity contribution in [3.05, 3.63) is 0 Å². The van der Waals surface area contributed by atoms with Crippen LogP contribution in [0.15, 0.2) is 0 Å². The summed E-state index contributed by atoms with van der Waals surface area (Å²) in [4.78, 5) is 25.4. The Kier molecular flexibility index (Phi) is 14.2. The first kappa shape index (κ1) is 29.9. The normalized spacial score (nSPS) is 23.6. The molecule has 0 aromatic carbocycles. The molecule has 2 fully saturated rings. The predicted octanol–water partition coefficient (Wildman–Crippen LogP) is 4.34. The van der Waals surface area contributed by atoms with Gasteiger partial charge in [0.2, 0.25) is 11.8 Å². The van der Waals surface area contributed by atoms with Crippen molar-refractivity contribution in [2.24, 2.45) is 17.8 Å². The number of piperidine rings is 2. The lowest BCUT2D eigenvalue weighted by atomic mass is 9.91. The molecule has 2 heterocycles. The quantitative estimate of drug-likeness (QED) is 0.473. The molecule has 0 saturated carbocycles. The summed E-state index contributed by atoms with van der Waals surface area (Å²) in [6, 6.07) is 1.86. The van der Waals surface area contributed by atoms with Crippen molar-refractivity contribution in [3.8, 4) is 0 Å². The molecule has 0 radical (unpaired) electrons. The highest BCUT2D eigenvalue weighted by atomic mass is 16.2. The SMILES string of the molecule is CC(=O)NC(CC1CCCCN1C)C(C)C.CC(C)C(=O)NC(CC1CCCCN1)C(C)C. The van der Waals surface area contributed by atoms with Crippen LogP contribution in [0.3, 0.4) is 0 Å². The molecule has 33 heavy (non-hydrogen) atoms. The summed E-state index contributed by atoms with van der Waals surface area (Å²) in [5, 5.41) is 9.82. The van der Waals surface area contributed by atoms with Gasteiger partial charge in [0.15, 0.2) is 0 Å². The van der Waals surface area contributed by atoms with Crippen LogP contribution in [0.4, 0.5) is 0 Å². The zero-order valence-electron chi connectivity index (χ0n) is 22.9. The third kappa shape index (κ3) is 12.2. The fourth-order valence-electron chi connectivity index (χ4n) is 4.77. The van der Waals surface area contributed by atoms with Crippen molar-refractivity contribution in [1.82, 2.24) is 20.9 Å². The van der Waals surface area contributed by atoms with Crippen LogP contribution in [0.5, 0.6) is 0 Å². The highest BCUT2D eigenvalue weighted by Gasteiger charge is 2.25. The molecule has 2 rings (SSSR count). The average molecular weight is 467 g/mol. The first-order chi connectivity index (χ1) is 15.5. The van der Waals surface area contributed by atoms with Crippen molar-refractivity contribution in [1.29, 1.82) is 0 Å². The minimum atomic E-state index is 0.0792. The molecule has 0 aromatic rings. The Hall–Kier alpha value is -1.14. The van der Waals surface area contributed by atoms with E-state index in [0.29, 0.717) is 36.0 Å². The van der Waals surface area contributed by atoms with Gasteiger partial charge in [-0.1, -0.05) is 54.4 Å². The molecule has 0 aromatic heterocycles. The molecule has 4 unspecified atom stereocenters. The molecule has 6 nitrogen and oxygen atoms in total. The van der Waals surface area contributed by atoms with Gasteiger partial charge in [0, 0.05) is 37.0 Å². The van der Waals surface area contributed by atoms with Crippen LogP contribution in [0.25, 0.3) is 0 Å². The van der Waals surface area contributed by atoms with Crippen LogP contribution in [0.2, 0.25) is 0 Å². The van der Waals surface area contributed by atoms with E-state index in [1.807, 2.05) is 13.8 Å². The standard InChI is InChI=1S/C14H28N2O.C13H26N2O/c1-10(2)13(16-14(17)11(3)4)9-12-7-5-6-8-15-12;1-10(2)13(14-11(3)16)9-12-7-5-6-8-15(12)4/h10-13,15H,5-9H2,1-4H3,(H,16,17);10,12-13H,5-9H2,1-4H3,(H,14,16). The molecular weight excluding hydrogens is 412 g/mol. The molecule has 0 bridgehead atoms. The second-order valence-electron chi connectivity index (χ2n) is 11.3. The van der Waals surface area contributed by atoms with Crippen LogP contribution >= 0.6 is 0 Å². The molecule has 2 amide bonds. The number of nitrogens with zero attached hydrogens (tertiary/aromatic N) is 1. The molecule has 0 spiro atoms. The summed E-state index contributed by atoms with van der Waals surface area (Å²) >= 11 is 0. The third-order valence-electron chi connectivity index (χ3n) is 7.25. The van der Waals surface area contributed by atoms with Gasteiger partial charge in [0.05, 0.1) is 0 Å². The molecule has 3 N–H and O–H groups in total. The number of likely N-dealkylation sites (tertiary alicyclic amines) is 1. The number of hydrogen-bond donors (Lipinski definition) is 3. The van der Waals surface area contributed by atoms with E-state index in [2.05, 4.69) is 55.6 Å². The van der Waals surface area contributed by atoms with Crippen LogP contribution in [-0.4, -0.2) is 61.0 Å². The maximum absolute atomic E-state index is 11.8. The third-order valence-corrected chi connectivity index (χ3v) is 7.25. The Bertz CT molecular complexity index is 558. The topological polar surface area (TPSA) is 73.5 Å². The Balaban J connectivity index is 0.000000331. The Morgan fingerprint density at radius 3 is 1.97 bits per heavy atom. The molecule has 2 saturated heterocycles. The zero-order chi connectivity index (χ0) is 25.0. The number of rotatable bonds is 9. The van der Waals surface area contributed by atoms with E-state index < -0.39 is 0 Å². The number of hydrogen-bond acceptors (Lipinski definition) is 4. The van der Waals surface area contributed by atoms with E-state index >= 15 is 0 Å². The zero-order valence-corrected chi connectivity index (χ0v) is 22.9. The minimum absolute atomic E-state index is 0.0792. The van der Waals surface area contributed by atoms with E-state index in [-0.39, 0.29) is 17.7 Å². The first-order valence-electron chi connectivity index (χ1n) is 13.5. The second kappa shape index (κ2) is 15.7. The van der Waals surface area contributed by atoms with Crippen molar-refractivity contribution >= 4 is 11.8 Å². The van der Waals surface area contributed by atoms with Gasteiger partial charge in [0.25, 0.3) is 0 Å². The highest BCUT2D eigenvalue weighted by Crippen LogP contribution is 2.21. The monoisotopic (exact) mass is 466 g/mol. The van der Waals surface area contributed by atoms with Gasteiger partial charge >= 0.3 is 0 Å². The molecule has 0 aliphatic carbocycles. The summed E-state index contributed by atoms with van der Waals surface area (Å²) in [7, 11) is 2.20. The number of carbonyl (C=O) groups is 2. The molecule has 4 atom stereocenters. The van der Waals surface area contributed by atoms with E-state index in [4.69, 9.17) is 0 Å². The molecule has 2 aliphatic rings. The summed E-state index contributed by atoms with van der Waals surface area (Å²) in [5.74, 6) is 1.37. The highest BCUT2D eigenvalue weighted by molar-refractivity contribution is 5.78. The van der Waals surface area contributed by atoms with Crippen molar-refractivity contribution in [2.75, 3.05) is 20.1 Å². The maximum atomic E-state index is 11.8. The summed E-state index contributed by atoms with van der Waals surface area (Å²) in [6.07, 6.45) is 9.95. The van der Waals surface area contributed by atoms with Crippen molar-refractivity contribution < 1.29 is 9.59 Å². The lowest BCUT2D eigenvalue weighted by molar-refractivity contribution is -0.125. The Morgan fingerprint density at radius 2 is 1.48 bits per heavy atom. The summed E-state index contributed by atoms with van der Waals surface area (Å²) in [5.41, 5.74) is 0. The van der Waals surface area contributed by atoms with Crippen LogP contribution in [0, 0.1) is 17.8 Å². The van der Waals surface area contributed by atoms with Gasteiger partial charge in [0.1, 0.15) is 0 Å². The summed E-state index contributed by atoms with van der Waals surface area (Å²) in [6.45, 7) is 16.6. The average Bonchev–Trinajstić information content (AvgIpc) is 2.75. The number of amides is 2. The van der Waals surface area contributed by atoms with Gasteiger partial charge in [-0.15, -0.1) is 0 Å². The number of carbonyl (C=O) groups excluding carboxylic acids is 2. The second-order valence-corrected chi connectivity index (χ2v) is 11.3. The van der Waals surface area contributed by atoms with Crippen LogP contribution in [-0.2, 0) is 9.59 Å². The van der Waals surface area contributed by atoms with Crippen molar-refractivity contribution in [2.45, 2.75) is 124 Å².